The molecule has 2 aromatic carbocycles. The molecule has 7 nitrogen and oxygen atoms in total. The van der Waals surface area contributed by atoms with Gasteiger partial charge in [-0.05, 0) is 42.8 Å². The second-order valence-electron chi connectivity index (χ2n) is 7.44. The van der Waals surface area contributed by atoms with Crippen molar-refractivity contribution in [2.24, 2.45) is 5.73 Å². The number of hydrogen-bond donors (Lipinski definition) is 1. The number of aryl methyl sites for hydroxylation is 1. The molecule has 0 spiro atoms. The van der Waals surface area contributed by atoms with Crippen LogP contribution in [0.4, 0.5) is 13.2 Å². The summed E-state index contributed by atoms with van der Waals surface area (Å²) in [5, 5.41) is 4.53. The first-order valence-corrected chi connectivity index (χ1v) is 11.2. The fourth-order valence-corrected chi connectivity index (χ4v) is 4.03. The lowest BCUT2D eigenvalue weighted by atomic mass is 9.88. The van der Waals surface area contributed by atoms with Gasteiger partial charge in [-0.1, -0.05) is 18.2 Å². The van der Waals surface area contributed by atoms with Crippen LogP contribution in [0.2, 0.25) is 0 Å². The first kappa shape index (κ1) is 22.3. The summed E-state index contributed by atoms with van der Waals surface area (Å²) in [4.78, 5) is -0.852. The van der Waals surface area contributed by atoms with Crippen LogP contribution in [0.15, 0.2) is 59.5 Å². The summed E-state index contributed by atoms with van der Waals surface area (Å²) in [6.07, 6.45) is 0. The molecule has 0 aliphatic carbocycles. The zero-order valence-corrected chi connectivity index (χ0v) is 17.8. The van der Waals surface area contributed by atoms with E-state index in [2.05, 4.69) is 5.10 Å². The summed E-state index contributed by atoms with van der Waals surface area (Å²) in [6.45, 7) is 3.21. The van der Waals surface area contributed by atoms with E-state index in [1.807, 2.05) is 31.2 Å². The van der Waals surface area contributed by atoms with Crippen molar-refractivity contribution in [1.82, 2.24) is 9.78 Å². The van der Waals surface area contributed by atoms with Crippen molar-refractivity contribution >= 4 is 9.84 Å². The van der Waals surface area contributed by atoms with E-state index in [9.17, 15) is 21.6 Å². The zero-order valence-electron chi connectivity index (χ0n) is 17.0. The Balaban J connectivity index is 1.59. The predicted molar refractivity (Wildman–Crippen MR) is 110 cm³/mol. The Bertz CT molecular complexity index is 1230. The number of rotatable bonds is 6. The van der Waals surface area contributed by atoms with Crippen LogP contribution in [-0.4, -0.2) is 36.9 Å². The van der Waals surface area contributed by atoms with Crippen LogP contribution >= 0.6 is 0 Å². The molecule has 0 bridgehead atoms. The Morgan fingerprint density at radius 3 is 2.41 bits per heavy atom. The Morgan fingerprint density at radius 2 is 1.84 bits per heavy atom. The molecule has 0 amide bonds. The minimum Gasteiger partial charge on any atom is -0.439 e. The fraction of sp³-hybridized carbons (Fsp3) is 0.286. The summed E-state index contributed by atoms with van der Waals surface area (Å²) in [5.41, 5.74) is 2.80. The first-order valence-electron chi connectivity index (χ1n) is 9.68. The van der Waals surface area contributed by atoms with Gasteiger partial charge in [0, 0.05) is 18.2 Å². The molecule has 3 aromatic rings. The minimum atomic E-state index is -5.42. The summed E-state index contributed by atoms with van der Waals surface area (Å²) in [5.74, 6) is 0.530. The largest absolute Gasteiger partial charge is 0.501 e. The number of nitrogens with zero attached hydrogens (tertiary/aromatic N) is 2. The molecule has 1 fully saturated rings. The van der Waals surface area contributed by atoms with Crippen molar-refractivity contribution in [3.63, 3.8) is 0 Å². The maximum absolute atomic E-state index is 12.7. The summed E-state index contributed by atoms with van der Waals surface area (Å²) >= 11 is 0. The third-order valence-electron chi connectivity index (χ3n) is 5.16. The number of aromatic nitrogens is 2. The number of hydrogen-bond acceptors (Lipinski definition) is 6. The van der Waals surface area contributed by atoms with Gasteiger partial charge in [-0.3, -0.25) is 0 Å². The summed E-state index contributed by atoms with van der Waals surface area (Å²) < 4.78 is 73.7. The number of halogens is 3. The molecule has 170 valence electrons. The molecule has 1 aromatic heterocycles. The van der Waals surface area contributed by atoms with E-state index >= 15 is 0 Å². The second-order valence-corrected chi connectivity index (χ2v) is 9.38. The number of benzene rings is 2. The highest BCUT2D eigenvalue weighted by Crippen LogP contribution is 2.34. The smallest absolute Gasteiger partial charge is 0.439 e. The molecule has 0 radical (unpaired) electrons. The minimum absolute atomic E-state index is 0.175. The highest BCUT2D eigenvalue weighted by molar-refractivity contribution is 7.92. The quantitative estimate of drug-likeness (QED) is 0.592. The molecule has 32 heavy (non-hydrogen) atoms. The number of sulfone groups is 1. The van der Waals surface area contributed by atoms with E-state index in [4.69, 9.17) is 15.2 Å². The fourth-order valence-electron chi connectivity index (χ4n) is 3.27. The van der Waals surface area contributed by atoms with E-state index in [1.54, 1.807) is 10.7 Å². The van der Waals surface area contributed by atoms with Crippen molar-refractivity contribution in [3.05, 3.63) is 60.2 Å². The topological polar surface area (TPSA) is 96.4 Å². The summed E-state index contributed by atoms with van der Waals surface area (Å²) in [6, 6.07) is 13.4. The normalized spacial score (nSPS) is 15.9. The average Bonchev–Trinajstić information content (AvgIpc) is 3.14. The maximum Gasteiger partial charge on any atom is 0.501 e. The Labute approximate surface area is 182 Å². The van der Waals surface area contributed by atoms with Crippen LogP contribution in [0.25, 0.3) is 11.3 Å². The van der Waals surface area contributed by atoms with Gasteiger partial charge in [0.2, 0.25) is 5.88 Å². The lowest BCUT2D eigenvalue weighted by Crippen LogP contribution is -2.54. The molecule has 1 saturated heterocycles. The number of alkyl halides is 3. The van der Waals surface area contributed by atoms with Crippen LogP contribution in [0, 0.1) is 0 Å². The van der Waals surface area contributed by atoms with Crippen molar-refractivity contribution in [2.45, 2.75) is 29.4 Å². The van der Waals surface area contributed by atoms with Crippen molar-refractivity contribution < 1.29 is 31.1 Å². The van der Waals surface area contributed by atoms with Crippen molar-refractivity contribution in [1.29, 1.82) is 0 Å². The molecule has 0 saturated carbocycles. The van der Waals surface area contributed by atoms with Gasteiger partial charge in [0.15, 0.2) is 0 Å². The van der Waals surface area contributed by atoms with Gasteiger partial charge >= 0.3 is 5.51 Å². The van der Waals surface area contributed by atoms with Gasteiger partial charge in [-0.25, -0.2) is 13.1 Å². The molecule has 0 unspecified atom stereocenters. The highest BCUT2D eigenvalue weighted by Gasteiger charge is 2.46. The van der Waals surface area contributed by atoms with E-state index in [1.165, 1.54) is 12.1 Å². The van der Waals surface area contributed by atoms with E-state index in [0.29, 0.717) is 31.3 Å². The predicted octanol–water partition coefficient (Wildman–Crippen LogP) is 3.84. The molecule has 1 aliphatic heterocycles. The van der Waals surface area contributed by atoms with Crippen molar-refractivity contribution in [3.8, 4) is 22.9 Å². The molecule has 0 atom stereocenters. The van der Waals surface area contributed by atoms with E-state index in [0.717, 1.165) is 23.3 Å². The zero-order chi connectivity index (χ0) is 23.1. The molecule has 1 aliphatic rings. The third kappa shape index (κ3) is 3.98. The Hall–Kier alpha value is -2.89. The molecule has 4 rings (SSSR count). The van der Waals surface area contributed by atoms with Gasteiger partial charge < -0.3 is 15.2 Å². The molecule has 2 heterocycles. The average molecular weight is 467 g/mol. The molecule has 11 heteroatoms. The highest BCUT2D eigenvalue weighted by atomic mass is 32.2. The van der Waals surface area contributed by atoms with E-state index in [-0.39, 0.29) is 5.75 Å². The Morgan fingerprint density at radius 1 is 1.16 bits per heavy atom. The van der Waals surface area contributed by atoms with Crippen LogP contribution in [0.5, 0.6) is 11.6 Å². The second kappa shape index (κ2) is 7.91. The van der Waals surface area contributed by atoms with E-state index < -0.39 is 25.8 Å². The van der Waals surface area contributed by atoms with Crippen molar-refractivity contribution in [2.75, 3.05) is 13.2 Å². The van der Waals surface area contributed by atoms with Crippen LogP contribution in [0.3, 0.4) is 0 Å². The van der Waals surface area contributed by atoms with Crippen LogP contribution in [0.1, 0.15) is 12.5 Å². The third-order valence-corrected chi connectivity index (χ3v) is 6.66. The lowest BCUT2D eigenvalue weighted by Gasteiger charge is -2.38. The van der Waals surface area contributed by atoms with Gasteiger partial charge in [0.05, 0.1) is 29.3 Å². The SMILES string of the molecule is CCn1nc(-c2cccc(C3(N)COC3)c2)cc1Oc1ccc(S(=O)(=O)C(F)(F)F)cc1. The van der Waals surface area contributed by atoms with Gasteiger partial charge in [-0.15, -0.1) is 0 Å². The first-order chi connectivity index (χ1) is 15.0. The number of nitrogens with two attached hydrogens (primary N) is 1. The standard InChI is InChI=1S/C21H20F3N3O4S/c1-2-27-19(31-16-6-8-17(9-7-16)32(28,29)21(22,23)24)11-18(26-27)14-4-3-5-15(10-14)20(25)12-30-13-20/h3-11H,2,12-13,25H2,1H3. The van der Waals surface area contributed by atoms with Crippen LogP contribution in [-0.2, 0) is 26.7 Å². The lowest BCUT2D eigenvalue weighted by molar-refractivity contribution is -0.0568. The maximum atomic E-state index is 12.7. The molecular formula is C21H20F3N3O4S. The summed E-state index contributed by atoms with van der Waals surface area (Å²) in [7, 11) is -5.42. The van der Waals surface area contributed by atoms with Gasteiger partial charge in [-0.2, -0.15) is 18.3 Å². The van der Waals surface area contributed by atoms with Gasteiger partial charge in [0.1, 0.15) is 5.75 Å². The van der Waals surface area contributed by atoms with Crippen LogP contribution < -0.4 is 10.5 Å². The van der Waals surface area contributed by atoms with Gasteiger partial charge in [0.25, 0.3) is 9.84 Å². The monoisotopic (exact) mass is 467 g/mol. The molecule has 2 N–H and O–H groups in total. The Kier molecular flexibility index (Phi) is 5.51. The number of ether oxygens (including phenoxy) is 2. The molecular weight excluding hydrogens is 447 g/mol.